The van der Waals surface area contributed by atoms with Gasteiger partial charge in [0.2, 0.25) is 5.91 Å². The normalized spacial score (nSPS) is 20.7. The van der Waals surface area contributed by atoms with E-state index in [0.29, 0.717) is 12.8 Å². The van der Waals surface area contributed by atoms with Crippen molar-refractivity contribution in [1.29, 1.82) is 0 Å². The SMILES string of the molecule is COC(=O)[C@@H](C)NC(=O)C1(N)CCCC1. The quantitative estimate of drug-likeness (QED) is 0.645. The van der Waals surface area contributed by atoms with Crippen LogP contribution < -0.4 is 11.1 Å². The van der Waals surface area contributed by atoms with Crippen LogP contribution in [-0.2, 0) is 14.3 Å². The van der Waals surface area contributed by atoms with Gasteiger partial charge >= 0.3 is 5.97 Å². The van der Waals surface area contributed by atoms with Gasteiger partial charge < -0.3 is 15.8 Å². The number of nitrogens with two attached hydrogens (primary N) is 1. The molecule has 1 aliphatic rings. The third kappa shape index (κ3) is 2.68. The third-order valence-electron chi connectivity index (χ3n) is 2.85. The number of ether oxygens (including phenoxy) is 1. The maximum Gasteiger partial charge on any atom is 0.328 e. The van der Waals surface area contributed by atoms with Gasteiger partial charge in [-0.15, -0.1) is 0 Å². The zero-order valence-electron chi connectivity index (χ0n) is 9.21. The van der Waals surface area contributed by atoms with Crippen LogP contribution in [0.2, 0.25) is 0 Å². The zero-order valence-corrected chi connectivity index (χ0v) is 9.21. The Labute approximate surface area is 89.3 Å². The standard InChI is InChI=1S/C10H18N2O3/c1-7(8(13)15-2)12-9(14)10(11)5-3-4-6-10/h7H,3-6,11H2,1-2H3,(H,12,14)/t7-/m1/s1. The number of esters is 1. The third-order valence-corrected chi connectivity index (χ3v) is 2.85. The lowest BCUT2D eigenvalue weighted by molar-refractivity contribution is -0.145. The number of hydrogen-bond donors (Lipinski definition) is 2. The molecule has 1 rings (SSSR count). The topological polar surface area (TPSA) is 81.4 Å². The molecule has 0 bridgehead atoms. The summed E-state index contributed by atoms with van der Waals surface area (Å²) in [5.74, 6) is -0.706. The van der Waals surface area contributed by atoms with Crippen LogP contribution >= 0.6 is 0 Å². The molecule has 3 N–H and O–H groups in total. The fourth-order valence-corrected chi connectivity index (χ4v) is 1.81. The second kappa shape index (κ2) is 4.61. The molecule has 1 saturated carbocycles. The van der Waals surface area contributed by atoms with E-state index in [1.807, 2.05) is 0 Å². The first-order valence-electron chi connectivity index (χ1n) is 5.17. The summed E-state index contributed by atoms with van der Waals surface area (Å²) in [6.07, 6.45) is 3.31. The van der Waals surface area contributed by atoms with E-state index in [9.17, 15) is 9.59 Å². The Morgan fingerprint density at radius 1 is 1.40 bits per heavy atom. The van der Waals surface area contributed by atoms with Crippen molar-refractivity contribution in [3.05, 3.63) is 0 Å². The summed E-state index contributed by atoms with van der Waals surface area (Å²) in [6.45, 7) is 1.59. The Hall–Kier alpha value is -1.10. The Bertz CT molecular complexity index is 259. The summed E-state index contributed by atoms with van der Waals surface area (Å²) in [4.78, 5) is 22.8. The van der Waals surface area contributed by atoms with Crippen LogP contribution in [0.25, 0.3) is 0 Å². The maximum atomic E-state index is 11.8. The summed E-state index contributed by atoms with van der Waals surface area (Å²) in [5.41, 5.74) is 5.14. The zero-order chi connectivity index (χ0) is 11.5. The molecule has 0 heterocycles. The number of methoxy groups -OCH3 is 1. The predicted molar refractivity (Wildman–Crippen MR) is 55.0 cm³/mol. The molecule has 0 radical (unpaired) electrons. The number of carbonyl (C=O) groups excluding carboxylic acids is 2. The maximum absolute atomic E-state index is 11.8. The van der Waals surface area contributed by atoms with Crippen LogP contribution in [0, 0.1) is 0 Å². The molecule has 0 aromatic rings. The van der Waals surface area contributed by atoms with E-state index in [-0.39, 0.29) is 5.91 Å². The molecule has 1 aliphatic carbocycles. The smallest absolute Gasteiger partial charge is 0.328 e. The molecule has 1 fully saturated rings. The van der Waals surface area contributed by atoms with Gasteiger partial charge in [0, 0.05) is 0 Å². The second-order valence-electron chi connectivity index (χ2n) is 4.08. The fourth-order valence-electron chi connectivity index (χ4n) is 1.81. The van der Waals surface area contributed by atoms with E-state index < -0.39 is 17.6 Å². The number of rotatable bonds is 3. The highest BCUT2D eigenvalue weighted by atomic mass is 16.5. The molecule has 86 valence electrons. The van der Waals surface area contributed by atoms with E-state index in [1.165, 1.54) is 7.11 Å². The molecule has 0 unspecified atom stereocenters. The highest BCUT2D eigenvalue weighted by Crippen LogP contribution is 2.27. The molecule has 0 spiro atoms. The van der Waals surface area contributed by atoms with Crippen molar-refractivity contribution in [3.63, 3.8) is 0 Å². The highest BCUT2D eigenvalue weighted by molar-refractivity contribution is 5.90. The first kappa shape index (κ1) is 12.0. The monoisotopic (exact) mass is 214 g/mol. The average molecular weight is 214 g/mol. The van der Waals surface area contributed by atoms with Crippen molar-refractivity contribution in [2.75, 3.05) is 7.11 Å². The Morgan fingerprint density at radius 2 is 1.93 bits per heavy atom. The van der Waals surface area contributed by atoms with Gasteiger partial charge in [0.05, 0.1) is 12.6 Å². The lowest BCUT2D eigenvalue weighted by Crippen LogP contribution is -2.55. The van der Waals surface area contributed by atoms with Gasteiger partial charge in [0.15, 0.2) is 0 Å². The van der Waals surface area contributed by atoms with Crippen molar-refractivity contribution in [1.82, 2.24) is 5.32 Å². The van der Waals surface area contributed by atoms with E-state index in [0.717, 1.165) is 12.8 Å². The van der Waals surface area contributed by atoms with E-state index in [4.69, 9.17) is 5.73 Å². The number of hydrogen-bond acceptors (Lipinski definition) is 4. The van der Waals surface area contributed by atoms with Crippen LogP contribution in [0.15, 0.2) is 0 Å². The van der Waals surface area contributed by atoms with Gasteiger partial charge in [-0.25, -0.2) is 4.79 Å². The van der Waals surface area contributed by atoms with Crippen molar-refractivity contribution < 1.29 is 14.3 Å². The molecule has 1 amide bonds. The van der Waals surface area contributed by atoms with Gasteiger partial charge in [0.1, 0.15) is 6.04 Å². The molecule has 0 aromatic heterocycles. The fraction of sp³-hybridized carbons (Fsp3) is 0.800. The first-order chi connectivity index (χ1) is 6.99. The van der Waals surface area contributed by atoms with Crippen LogP contribution in [0.5, 0.6) is 0 Å². The highest BCUT2D eigenvalue weighted by Gasteiger charge is 2.38. The summed E-state index contributed by atoms with van der Waals surface area (Å²) in [5, 5.41) is 2.57. The lowest BCUT2D eigenvalue weighted by Gasteiger charge is -2.24. The summed E-state index contributed by atoms with van der Waals surface area (Å²) >= 11 is 0. The minimum atomic E-state index is -0.789. The summed E-state index contributed by atoms with van der Waals surface area (Å²) in [7, 11) is 1.29. The second-order valence-corrected chi connectivity index (χ2v) is 4.08. The molecular weight excluding hydrogens is 196 g/mol. The van der Waals surface area contributed by atoms with Crippen molar-refractivity contribution in [3.8, 4) is 0 Å². The van der Waals surface area contributed by atoms with Gasteiger partial charge in [-0.1, -0.05) is 12.8 Å². The van der Waals surface area contributed by atoms with E-state index in [2.05, 4.69) is 10.1 Å². The van der Waals surface area contributed by atoms with Gasteiger partial charge in [-0.3, -0.25) is 4.79 Å². The number of carbonyl (C=O) groups is 2. The van der Waals surface area contributed by atoms with Gasteiger partial charge in [0.25, 0.3) is 0 Å². The van der Waals surface area contributed by atoms with Gasteiger partial charge in [-0.2, -0.15) is 0 Å². The summed E-state index contributed by atoms with van der Waals surface area (Å²) in [6, 6.07) is -0.636. The van der Waals surface area contributed by atoms with Crippen molar-refractivity contribution in [2.24, 2.45) is 5.73 Å². The molecule has 1 atom stereocenters. The van der Waals surface area contributed by atoms with Crippen LogP contribution in [-0.4, -0.2) is 30.6 Å². The molecule has 15 heavy (non-hydrogen) atoms. The van der Waals surface area contributed by atoms with E-state index in [1.54, 1.807) is 6.92 Å². The Balaban J connectivity index is 2.51. The van der Waals surface area contributed by atoms with Crippen LogP contribution in [0.4, 0.5) is 0 Å². The van der Waals surface area contributed by atoms with Crippen LogP contribution in [0.1, 0.15) is 32.6 Å². The average Bonchev–Trinajstić information content (AvgIpc) is 2.65. The van der Waals surface area contributed by atoms with E-state index >= 15 is 0 Å². The largest absolute Gasteiger partial charge is 0.467 e. The summed E-state index contributed by atoms with van der Waals surface area (Å²) < 4.78 is 4.51. The van der Waals surface area contributed by atoms with Gasteiger partial charge in [-0.05, 0) is 19.8 Å². The molecule has 5 heteroatoms. The predicted octanol–water partition coefficient (Wildman–Crippen LogP) is -0.0644. The Kier molecular flexibility index (Phi) is 3.68. The van der Waals surface area contributed by atoms with Crippen molar-refractivity contribution in [2.45, 2.75) is 44.2 Å². The molecular formula is C10H18N2O3. The van der Waals surface area contributed by atoms with Crippen molar-refractivity contribution >= 4 is 11.9 Å². The molecule has 0 aromatic carbocycles. The molecule has 5 nitrogen and oxygen atoms in total. The van der Waals surface area contributed by atoms with Crippen LogP contribution in [0.3, 0.4) is 0 Å². The molecule has 0 aliphatic heterocycles. The number of nitrogens with one attached hydrogen (secondary N) is 1. The molecule has 0 saturated heterocycles. The first-order valence-corrected chi connectivity index (χ1v) is 5.17. The minimum Gasteiger partial charge on any atom is -0.467 e. The number of amides is 1. The minimum absolute atomic E-state index is 0.252. The lowest BCUT2D eigenvalue weighted by atomic mass is 9.98. The Morgan fingerprint density at radius 3 is 2.40 bits per heavy atom.